The van der Waals surface area contributed by atoms with Crippen LogP contribution in [0.4, 0.5) is 0 Å². The highest BCUT2D eigenvalue weighted by molar-refractivity contribution is 9.11. The van der Waals surface area contributed by atoms with Gasteiger partial charge < -0.3 is 13.7 Å². The first kappa shape index (κ1) is 19.5. The zero-order chi connectivity index (χ0) is 18.8. The molecule has 0 atom stereocenters. The number of hydrogen-bond donors (Lipinski definition) is 0. The Morgan fingerprint density at radius 1 is 0.481 bits per heavy atom. The fourth-order valence-electron chi connectivity index (χ4n) is 2.86. The maximum Gasteiger partial charge on any atom is 0.467 e. The lowest BCUT2D eigenvalue weighted by molar-refractivity contribution is 0.308. The predicted octanol–water partition coefficient (Wildman–Crippen LogP) is 3.52. The Balaban J connectivity index is 1.70. The van der Waals surface area contributed by atoms with Crippen molar-refractivity contribution in [2.75, 3.05) is 0 Å². The summed E-state index contributed by atoms with van der Waals surface area (Å²) in [6.07, 6.45) is 0. The van der Waals surface area contributed by atoms with Gasteiger partial charge in [0.25, 0.3) is 0 Å². The smallest absolute Gasteiger partial charge is 0.445 e. The highest BCUT2D eigenvalue weighted by Crippen LogP contribution is 2.15. The van der Waals surface area contributed by atoms with Crippen molar-refractivity contribution >= 4 is 85.5 Å². The van der Waals surface area contributed by atoms with Gasteiger partial charge in [0.1, 0.15) is 0 Å². The van der Waals surface area contributed by atoms with Crippen LogP contribution in [0.1, 0.15) is 0 Å². The predicted molar refractivity (Wildman–Crippen MR) is 122 cm³/mol. The van der Waals surface area contributed by atoms with Crippen LogP contribution in [0.15, 0.2) is 86.2 Å². The monoisotopic (exact) mass is 546 g/mol. The molecular formula is C18H12B3Br3O3. The normalized spacial score (nSPS) is 14.6. The second kappa shape index (κ2) is 8.68. The largest absolute Gasteiger partial charge is 0.467 e. The highest BCUT2D eigenvalue weighted by Gasteiger charge is 2.43. The van der Waals surface area contributed by atoms with Gasteiger partial charge in [0.15, 0.2) is 0 Å². The van der Waals surface area contributed by atoms with E-state index in [1.807, 2.05) is 72.8 Å². The summed E-state index contributed by atoms with van der Waals surface area (Å²) in [5.41, 5.74) is 2.77. The van der Waals surface area contributed by atoms with Gasteiger partial charge in [-0.2, -0.15) is 0 Å². The molecule has 0 saturated carbocycles. The summed E-state index contributed by atoms with van der Waals surface area (Å²) in [4.78, 5) is 0. The Bertz CT molecular complexity index is 831. The third-order valence-corrected chi connectivity index (χ3v) is 5.58. The van der Waals surface area contributed by atoms with Gasteiger partial charge in [-0.3, -0.25) is 0 Å². The molecule has 0 bridgehead atoms. The molecule has 1 fully saturated rings. The van der Waals surface area contributed by atoms with Crippen LogP contribution >= 0.6 is 47.8 Å². The standard InChI is InChI=1S/C18H12B3Br3O3/c22-16-7-1-4-13(10-16)19-25-20(14-5-2-8-17(23)11-14)27-21(26-19)15-6-3-9-18(24)12-15/h1-12H. The molecule has 3 aromatic rings. The number of hydrogen-bond acceptors (Lipinski definition) is 3. The number of rotatable bonds is 3. The van der Waals surface area contributed by atoms with E-state index in [0.717, 1.165) is 29.8 Å². The van der Waals surface area contributed by atoms with E-state index >= 15 is 0 Å². The van der Waals surface area contributed by atoms with Gasteiger partial charge in [0.05, 0.1) is 0 Å². The maximum absolute atomic E-state index is 6.15. The molecule has 4 rings (SSSR count). The van der Waals surface area contributed by atoms with Crippen LogP contribution < -0.4 is 16.4 Å². The van der Waals surface area contributed by atoms with Crippen LogP contribution in [-0.2, 0) is 13.7 Å². The third kappa shape index (κ3) is 4.78. The van der Waals surface area contributed by atoms with Crippen LogP contribution in [0.2, 0.25) is 0 Å². The Hall–Kier alpha value is -0.825. The van der Waals surface area contributed by atoms with E-state index in [9.17, 15) is 0 Å². The van der Waals surface area contributed by atoms with Crippen molar-refractivity contribution in [3.8, 4) is 0 Å². The summed E-state index contributed by atoms with van der Waals surface area (Å²) >= 11 is 10.5. The fourth-order valence-corrected chi connectivity index (χ4v) is 4.11. The molecule has 3 nitrogen and oxygen atoms in total. The lowest BCUT2D eigenvalue weighted by Crippen LogP contribution is -2.61. The average Bonchev–Trinajstić information content (AvgIpc) is 2.68. The molecule has 1 aliphatic heterocycles. The van der Waals surface area contributed by atoms with Crippen LogP contribution in [0.5, 0.6) is 0 Å². The highest BCUT2D eigenvalue weighted by atomic mass is 79.9. The van der Waals surface area contributed by atoms with Crippen molar-refractivity contribution < 1.29 is 13.7 Å². The van der Waals surface area contributed by atoms with Crippen molar-refractivity contribution in [2.45, 2.75) is 0 Å². The molecule has 1 aliphatic rings. The van der Waals surface area contributed by atoms with Crippen LogP contribution in [0.25, 0.3) is 0 Å². The summed E-state index contributed by atoms with van der Waals surface area (Å²) < 4.78 is 21.4. The topological polar surface area (TPSA) is 27.7 Å². The van der Waals surface area contributed by atoms with Gasteiger partial charge in [0.2, 0.25) is 0 Å². The molecule has 0 aromatic heterocycles. The maximum atomic E-state index is 6.15. The zero-order valence-corrected chi connectivity index (χ0v) is 18.8. The van der Waals surface area contributed by atoms with Crippen molar-refractivity contribution in [3.63, 3.8) is 0 Å². The average molecular weight is 548 g/mol. The van der Waals surface area contributed by atoms with E-state index in [4.69, 9.17) is 13.7 Å². The minimum atomic E-state index is -0.552. The molecule has 9 heteroatoms. The Morgan fingerprint density at radius 2 is 0.778 bits per heavy atom. The zero-order valence-electron chi connectivity index (χ0n) is 14.0. The first-order chi connectivity index (χ1) is 13.1. The summed E-state index contributed by atoms with van der Waals surface area (Å²) in [5.74, 6) is 0. The number of benzene rings is 3. The Kier molecular flexibility index (Phi) is 6.26. The molecule has 0 radical (unpaired) electrons. The summed E-state index contributed by atoms with van der Waals surface area (Å²) in [6, 6.07) is 23.7. The molecule has 0 aliphatic carbocycles. The van der Waals surface area contributed by atoms with Gasteiger partial charge in [-0.1, -0.05) is 84.2 Å². The summed E-state index contributed by atoms with van der Waals surface area (Å²) in [7, 11) is -1.65. The molecule has 0 N–H and O–H groups in total. The molecule has 0 spiro atoms. The Morgan fingerprint density at radius 3 is 1.04 bits per heavy atom. The van der Waals surface area contributed by atoms with Gasteiger partial charge in [-0.15, -0.1) is 0 Å². The fraction of sp³-hybridized carbons (Fsp3) is 0. The van der Waals surface area contributed by atoms with Crippen molar-refractivity contribution in [1.29, 1.82) is 0 Å². The SMILES string of the molecule is Brc1cccc(B2OB(c3cccc(Br)c3)OB(c3cccc(Br)c3)O2)c1. The van der Waals surface area contributed by atoms with Crippen LogP contribution in [-0.4, -0.2) is 21.4 Å². The molecule has 132 valence electrons. The van der Waals surface area contributed by atoms with E-state index in [-0.39, 0.29) is 0 Å². The van der Waals surface area contributed by atoms with E-state index in [0.29, 0.717) is 0 Å². The van der Waals surface area contributed by atoms with E-state index < -0.39 is 21.4 Å². The molecule has 0 amide bonds. The second-order valence-electron chi connectivity index (χ2n) is 6.07. The van der Waals surface area contributed by atoms with Gasteiger partial charge in [-0.25, -0.2) is 0 Å². The number of halogens is 3. The summed E-state index contributed by atoms with van der Waals surface area (Å²) in [5, 5.41) is 0. The quantitative estimate of drug-likeness (QED) is 0.469. The second-order valence-corrected chi connectivity index (χ2v) is 8.82. The van der Waals surface area contributed by atoms with Crippen molar-refractivity contribution in [2.24, 2.45) is 0 Å². The molecule has 1 heterocycles. The van der Waals surface area contributed by atoms with Gasteiger partial charge in [0, 0.05) is 13.4 Å². The summed E-state index contributed by atoms with van der Waals surface area (Å²) in [6.45, 7) is 0. The minimum absolute atomic E-state index is 0.552. The lowest BCUT2D eigenvalue weighted by atomic mass is 9.61. The van der Waals surface area contributed by atoms with E-state index in [2.05, 4.69) is 47.8 Å². The van der Waals surface area contributed by atoms with Crippen LogP contribution in [0.3, 0.4) is 0 Å². The molecule has 27 heavy (non-hydrogen) atoms. The Labute approximate surface area is 184 Å². The van der Waals surface area contributed by atoms with Crippen molar-refractivity contribution in [1.82, 2.24) is 0 Å². The van der Waals surface area contributed by atoms with E-state index in [1.165, 1.54) is 0 Å². The van der Waals surface area contributed by atoms with Gasteiger partial charge >= 0.3 is 21.4 Å². The molecular weight excluding hydrogens is 536 g/mol. The van der Waals surface area contributed by atoms with E-state index in [1.54, 1.807) is 0 Å². The third-order valence-electron chi connectivity index (χ3n) is 4.10. The molecule has 3 aromatic carbocycles. The van der Waals surface area contributed by atoms with Gasteiger partial charge in [-0.05, 0) is 52.8 Å². The lowest BCUT2D eigenvalue weighted by Gasteiger charge is -2.31. The molecule has 1 saturated heterocycles. The van der Waals surface area contributed by atoms with Crippen LogP contribution in [0, 0.1) is 0 Å². The minimum Gasteiger partial charge on any atom is -0.445 e. The van der Waals surface area contributed by atoms with Crippen molar-refractivity contribution in [3.05, 3.63) is 86.2 Å². The molecule has 0 unspecified atom stereocenters. The first-order valence-electron chi connectivity index (χ1n) is 8.31. The first-order valence-corrected chi connectivity index (χ1v) is 10.7.